The van der Waals surface area contributed by atoms with Crippen LogP contribution >= 0.6 is 0 Å². The molecule has 0 unspecified atom stereocenters. The molecule has 1 rings (SSSR count). The van der Waals surface area contributed by atoms with E-state index in [1.807, 2.05) is 20.8 Å². The van der Waals surface area contributed by atoms with E-state index in [-0.39, 0.29) is 11.4 Å². The Bertz CT molecular complexity index is 163. The van der Waals surface area contributed by atoms with Crippen molar-refractivity contribution in [1.29, 1.82) is 0 Å². The predicted molar refractivity (Wildman–Crippen MR) is 48.1 cm³/mol. The highest BCUT2D eigenvalue weighted by Gasteiger charge is 2.24. The van der Waals surface area contributed by atoms with Gasteiger partial charge >= 0.3 is 0 Å². The van der Waals surface area contributed by atoms with Crippen LogP contribution in [0.4, 0.5) is 0 Å². The molecule has 0 aromatic rings. The molecule has 2 heteroatoms. The Morgan fingerprint density at radius 1 is 1.42 bits per heavy atom. The van der Waals surface area contributed by atoms with Gasteiger partial charge in [0, 0.05) is 6.42 Å². The Hall–Kier alpha value is -0.370. The molecule has 70 valence electrons. The number of hydrogen-bond donors (Lipinski definition) is 0. The van der Waals surface area contributed by atoms with E-state index in [2.05, 4.69) is 0 Å². The lowest BCUT2D eigenvalue weighted by atomic mass is 10.2. The van der Waals surface area contributed by atoms with Gasteiger partial charge in [0.2, 0.25) is 0 Å². The molecule has 0 heterocycles. The molecule has 0 N–H and O–H groups in total. The summed E-state index contributed by atoms with van der Waals surface area (Å²) in [6, 6.07) is 0. The van der Waals surface area contributed by atoms with Crippen molar-refractivity contribution in [1.82, 2.24) is 0 Å². The maximum absolute atomic E-state index is 11.2. The van der Waals surface area contributed by atoms with Gasteiger partial charge in [-0.1, -0.05) is 0 Å². The number of rotatable bonds is 4. The average molecular weight is 170 g/mol. The van der Waals surface area contributed by atoms with Crippen LogP contribution in [-0.2, 0) is 9.53 Å². The minimum absolute atomic E-state index is 0.181. The largest absolute Gasteiger partial charge is 0.368 e. The molecule has 0 spiro atoms. The fourth-order valence-corrected chi connectivity index (χ4v) is 1.000. The molecule has 0 amide bonds. The number of carbonyl (C=O) groups is 1. The van der Waals surface area contributed by atoms with Gasteiger partial charge in [-0.3, -0.25) is 4.79 Å². The Morgan fingerprint density at radius 3 is 2.42 bits per heavy atom. The second-order valence-electron chi connectivity index (χ2n) is 4.59. The fraction of sp³-hybridized carbons (Fsp3) is 0.900. The monoisotopic (exact) mass is 170 g/mol. The molecular formula is C10H18O2. The highest BCUT2D eigenvalue weighted by atomic mass is 16.5. The molecule has 0 bridgehead atoms. The number of carbonyl (C=O) groups excluding carboxylic acids is 1. The standard InChI is InChI=1S/C10H18O2/c1-10(2,3)12-7-9(11)6-8-4-5-8/h8H,4-7H2,1-3H3. The third-order valence-corrected chi connectivity index (χ3v) is 1.88. The van der Waals surface area contributed by atoms with E-state index in [1.54, 1.807) is 0 Å². The lowest BCUT2D eigenvalue weighted by Gasteiger charge is -2.18. The summed E-state index contributed by atoms with van der Waals surface area (Å²) in [7, 11) is 0. The van der Waals surface area contributed by atoms with Gasteiger partial charge < -0.3 is 4.74 Å². The van der Waals surface area contributed by atoms with Crippen molar-refractivity contribution < 1.29 is 9.53 Å². The first kappa shape index (κ1) is 9.72. The molecule has 1 fully saturated rings. The maximum atomic E-state index is 11.2. The van der Waals surface area contributed by atoms with Crippen LogP contribution in [0.15, 0.2) is 0 Å². The van der Waals surface area contributed by atoms with Crippen molar-refractivity contribution in [2.45, 2.75) is 45.6 Å². The first-order valence-corrected chi connectivity index (χ1v) is 4.63. The van der Waals surface area contributed by atoms with Gasteiger partial charge in [0.15, 0.2) is 5.78 Å². The normalized spacial score (nSPS) is 17.9. The van der Waals surface area contributed by atoms with Gasteiger partial charge in [-0.2, -0.15) is 0 Å². The third kappa shape index (κ3) is 4.50. The maximum Gasteiger partial charge on any atom is 0.158 e. The summed E-state index contributed by atoms with van der Waals surface area (Å²) < 4.78 is 5.37. The molecule has 0 atom stereocenters. The van der Waals surface area contributed by atoms with Crippen LogP contribution in [-0.4, -0.2) is 18.0 Å². The Kier molecular flexibility index (Phi) is 2.89. The highest BCUT2D eigenvalue weighted by molar-refractivity contribution is 5.80. The van der Waals surface area contributed by atoms with Crippen molar-refractivity contribution in [2.75, 3.05) is 6.61 Å². The second-order valence-corrected chi connectivity index (χ2v) is 4.59. The van der Waals surface area contributed by atoms with E-state index < -0.39 is 0 Å². The van der Waals surface area contributed by atoms with E-state index in [9.17, 15) is 4.79 Å². The molecule has 1 saturated carbocycles. The highest BCUT2D eigenvalue weighted by Crippen LogP contribution is 2.32. The van der Waals surface area contributed by atoms with Crippen LogP contribution in [0.5, 0.6) is 0 Å². The fourth-order valence-electron chi connectivity index (χ4n) is 1.000. The molecule has 12 heavy (non-hydrogen) atoms. The first-order valence-electron chi connectivity index (χ1n) is 4.63. The summed E-state index contributed by atoms with van der Waals surface area (Å²) in [5, 5.41) is 0. The molecule has 1 aliphatic rings. The third-order valence-electron chi connectivity index (χ3n) is 1.88. The molecule has 2 nitrogen and oxygen atoms in total. The van der Waals surface area contributed by atoms with Gasteiger partial charge in [-0.25, -0.2) is 0 Å². The SMILES string of the molecule is CC(C)(C)OCC(=O)CC1CC1. The van der Waals surface area contributed by atoms with Crippen molar-refractivity contribution in [3.05, 3.63) is 0 Å². The average Bonchev–Trinajstić information content (AvgIpc) is 2.66. The number of ether oxygens (including phenoxy) is 1. The van der Waals surface area contributed by atoms with Crippen LogP contribution in [0.2, 0.25) is 0 Å². The summed E-state index contributed by atoms with van der Waals surface area (Å²) >= 11 is 0. The zero-order valence-electron chi connectivity index (χ0n) is 8.22. The van der Waals surface area contributed by atoms with E-state index in [1.165, 1.54) is 12.8 Å². The van der Waals surface area contributed by atoms with Crippen molar-refractivity contribution in [3.63, 3.8) is 0 Å². The van der Waals surface area contributed by atoms with E-state index in [0.29, 0.717) is 12.5 Å². The van der Waals surface area contributed by atoms with Crippen LogP contribution < -0.4 is 0 Å². The van der Waals surface area contributed by atoms with Crippen LogP contribution in [0.25, 0.3) is 0 Å². The van der Waals surface area contributed by atoms with Gasteiger partial charge in [0.05, 0.1) is 5.60 Å². The molecule has 1 aliphatic carbocycles. The summed E-state index contributed by atoms with van der Waals surface area (Å²) in [5.74, 6) is 0.938. The Labute approximate surface area is 74.3 Å². The minimum atomic E-state index is -0.181. The summed E-state index contributed by atoms with van der Waals surface area (Å²) in [5.41, 5.74) is -0.181. The van der Waals surface area contributed by atoms with Crippen LogP contribution in [0.3, 0.4) is 0 Å². The van der Waals surface area contributed by atoms with Crippen molar-refractivity contribution in [3.8, 4) is 0 Å². The van der Waals surface area contributed by atoms with Gasteiger partial charge in [0.1, 0.15) is 6.61 Å². The number of ketones is 1. The topological polar surface area (TPSA) is 26.3 Å². The second kappa shape index (κ2) is 3.56. The molecular weight excluding hydrogens is 152 g/mol. The van der Waals surface area contributed by atoms with Gasteiger partial charge in [-0.15, -0.1) is 0 Å². The van der Waals surface area contributed by atoms with Crippen LogP contribution in [0.1, 0.15) is 40.0 Å². The minimum Gasteiger partial charge on any atom is -0.368 e. The Balaban J connectivity index is 2.09. The molecule has 0 aromatic carbocycles. The molecule has 0 saturated heterocycles. The smallest absolute Gasteiger partial charge is 0.158 e. The van der Waals surface area contributed by atoms with E-state index in [0.717, 1.165) is 6.42 Å². The molecule has 0 aromatic heterocycles. The Morgan fingerprint density at radius 2 is 2.00 bits per heavy atom. The zero-order chi connectivity index (χ0) is 9.19. The number of Topliss-reactive ketones (excluding diaryl/α,β-unsaturated/α-hetero) is 1. The first-order chi connectivity index (χ1) is 5.47. The van der Waals surface area contributed by atoms with Gasteiger partial charge in [0.25, 0.3) is 0 Å². The van der Waals surface area contributed by atoms with Gasteiger partial charge in [-0.05, 0) is 39.5 Å². The van der Waals surface area contributed by atoms with E-state index in [4.69, 9.17) is 4.74 Å². The predicted octanol–water partition coefficient (Wildman–Crippen LogP) is 2.17. The lowest BCUT2D eigenvalue weighted by Crippen LogP contribution is -2.23. The summed E-state index contributed by atoms with van der Waals surface area (Å²) in [4.78, 5) is 11.2. The molecule has 0 radical (unpaired) electrons. The summed E-state index contributed by atoms with van der Waals surface area (Å²) in [6.45, 7) is 6.20. The van der Waals surface area contributed by atoms with Crippen LogP contribution in [0, 0.1) is 5.92 Å². The molecule has 0 aliphatic heterocycles. The van der Waals surface area contributed by atoms with Crippen molar-refractivity contribution in [2.24, 2.45) is 5.92 Å². The number of hydrogen-bond acceptors (Lipinski definition) is 2. The lowest BCUT2D eigenvalue weighted by molar-refractivity contribution is -0.128. The quantitative estimate of drug-likeness (QED) is 0.646. The summed E-state index contributed by atoms with van der Waals surface area (Å²) in [6.07, 6.45) is 3.21. The van der Waals surface area contributed by atoms with Crippen molar-refractivity contribution >= 4 is 5.78 Å². The zero-order valence-corrected chi connectivity index (χ0v) is 8.22. The van der Waals surface area contributed by atoms with E-state index >= 15 is 0 Å².